The van der Waals surface area contributed by atoms with Crippen LogP contribution < -0.4 is 9.62 Å². The lowest BCUT2D eigenvalue weighted by molar-refractivity contribution is -0.119. The average Bonchev–Trinajstić information content (AvgIpc) is 2.84. The summed E-state index contributed by atoms with van der Waals surface area (Å²) in [4.78, 5) is 12.6. The molecule has 0 unspecified atom stereocenters. The van der Waals surface area contributed by atoms with Crippen molar-refractivity contribution < 1.29 is 13.2 Å². The fourth-order valence-corrected chi connectivity index (χ4v) is 5.04. The van der Waals surface area contributed by atoms with E-state index in [4.69, 9.17) is 11.6 Å². The van der Waals surface area contributed by atoms with Crippen LogP contribution >= 0.6 is 11.6 Å². The highest BCUT2D eigenvalue weighted by Crippen LogP contribution is 2.41. The summed E-state index contributed by atoms with van der Waals surface area (Å²) in [5.41, 5.74) is 1.39. The molecular weight excluding hydrogens is 372 g/mol. The number of rotatable bonds is 4. The summed E-state index contributed by atoms with van der Waals surface area (Å²) >= 11 is 5.93. The van der Waals surface area contributed by atoms with E-state index in [9.17, 15) is 13.2 Å². The van der Waals surface area contributed by atoms with Gasteiger partial charge in [-0.25, -0.2) is 8.42 Å². The molecule has 0 spiro atoms. The van der Waals surface area contributed by atoms with Gasteiger partial charge in [-0.05, 0) is 35.2 Å². The first kappa shape index (κ1) is 16.9. The van der Waals surface area contributed by atoms with E-state index in [0.29, 0.717) is 16.1 Å². The third-order valence-electron chi connectivity index (χ3n) is 4.35. The number of hydrogen-bond donors (Lipinski definition) is 1. The van der Waals surface area contributed by atoms with E-state index in [0.717, 1.165) is 15.3 Å². The van der Waals surface area contributed by atoms with Crippen LogP contribution in [0.25, 0.3) is 10.8 Å². The third-order valence-corrected chi connectivity index (χ3v) is 6.38. The Morgan fingerprint density at radius 1 is 1.04 bits per heavy atom. The van der Waals surface area contributed by atoms with E-state index >= 15 is 0 Å². The molecule has 1 aliphatic rings. The van der Waals surface area contributed by atoms with E-state index in [2.05, 4.69) is 5.32 Å². The molecule has 1 N–H and O–H groups in total. The number of carbonyl (C=O) groups is 1. The largest absolute Gasteiger partial charge is 0.350 e. The molecule has 7 heteroatoms. The molecule has 132 valence electrons. The molecule has 0 fully saturated rings. The van der Waals surface area contributed by atoms with E-state index in [1.165, 1.54) is 0 Å². The second-order valence-corrected chi connectivity index (χ2v) is 8.32. The Kier molecular flexibility index (Phi) is 4.09. The van der Waals surface area contributed by atoms with Crippen molar-refractivity contribution in [2.75, 3.05) is 10.8 Å². The molecule has 0 bridgehead atoms. The molecule has 1 heterocycles. The van der Waals surface area contributed by atoms with Crippen molar-refractivity contribution >= 4 is 44.0 Å². The zero-order valence-corrected chi connectivity index (χ0v) is 15.2. The van der Waals surface area contributed by atoms with Crippen molar-refractivity contribution in [2.45, 2.75) is 11.4 Å². The first-order valence-corrected chi connectivity index (χ1v) is 9.84. The van der Waals surface area contributed by atoms with Crippen molar-refractivity contribution in [3.63, 3.8) is 0 Å². The fourth-order valence-electron chi connectivity index (χ4n) is 3.16. The van der Waals surface area contributed by atoms with Gasteiger partial charge in [-0.3, -0.25) is 9.10 Å². The van der Waals surface area contributed by atoms with Crippen molar-refractivity contribution in [3.8, 4) is 0 Å². The Labute approximate surface area is 156 Å². The minimum Gasteiger partial charge on any atom is -0.350 e. The molecule has 0 saturated carbocycles. The number of nitrogens with one attached hydrogen (secondary N) is 1. The van der Waals surface area contributed by atoms with E-state index in [1.54, 1.807) is 42.5 Å². The zero-order chi connectivity index (χ0) is 18.3. The minimum atomic E-state index is -3.73. The van der Waals surface area contributed by atoms with Gasteiger partial charge in [-0.2, -0.15) is 0 Å². The summed E-state index contributed by atoms with van der Waals surface area (Å²) in [7, 11) is -3.73. The van der Waals surface area contributed by atoms with Gasteiger partial charge in [0.2, 0.25) is 5.91 Å². The summed E-state index contributed by atoms with van der Waals surface area (Å²) < 4.78 is 26.9. The van der Waals surface area contributed by atoms with Gasteiger partial charge in [0.1, 0.15) is 6.54 Å². The Bertz CT molecular complexity index is 1120. The third kappa shape index (κ3) is 2.81. The molecule has 0 atom stereocenters. The van der Waals surface area contributed by atoms with Crippen LogP contribution in [-0.4, -0.2) is 20.9 Å². The average molecular weight is 387 g/mol. The smallest absolute Gasteiger partial charge is 0.265 e. The first-order valence-electron chi connectivity index (χ1n) is 8.02. The van der Waals surface area contributed by atoms with Gasteiger partial charge in [0.15, 0.2) is 0 Å². The second-order valence-electron chi connectivity index (χ2n) is 6.05. The molecule has 0 aromatic heterocycles. The van der Waals surface area contributed by atoms with Gasteiger partial charge >= 0.3 is 0 Å². The molecule has 1 amide bonds. The zero-order valence-electron chi connectivity index (χ0n) is 13.6. The van der Waals surface area contributed by atoms with Crippen LogP contribution in [-0.2, 0) is 21.4 Å². The number of anilines is 1. The Hall–Kier alpha value is -2.57. The van der Waals surface area contributed by atoms with Gasteiger partial charge in [-0.15, -0.1) is 0 Å². The lowest BCUT2D eigenvalue weighted by atomic mass is 10.1. The summed E-state index contributed by atoms with van der Waals surface area (Å²) in [6.07, 6.45) is 0. The number of halogens is 1. The van der Waals surface area contributed by atoms with Gasteiger partial charge in [-0.1, -0.05) is 48.0 Å². The normalized spacial score (nSPS) is 14.6. The molecule has 1 aliphatic heterocycles. The summed E-state index contributed by atoms with van der Waals surface area (Å²) in [6.45, 7) is 0.0150. The maximum absolute atomic E-state index is 12.8. The molecule has 3 aromatic carbocycles. The number of nitrogens with zero attached hydrogens (tertiary/aromatic N) is 1. The molecule has 0 radical (unpaired) electrons. The number of carbonyl (C=O) groups excluding carboxylic acids is 1. The predicted molar refractivity (Wildman–Crippen MR) is 102 cm³/mol. The molecule has 0 aliphatic carbocycles. The highest BCUT2D eigenvalue weighted by Gasteiger charge is 2.36. The van der Waals surface area contributed by atoms with Crippen molar-refractivity contribution in [1.82, 2.24) is 5.32 Å². The van der Waals surface area contributed by atoms with Crippen LogP contribution in [0.4, 0.5) is 5.69 Å². The monoisotopic (exact) mass is 386 g/mol. The molecular formula is C19H15ClN2O3S. The van der Waals surface area contributed by atoms with Gasteiger partial charge < -0.3 is 5.32 Å². The SMILES string of the molecule is O=C(CN1c2cccc3cccc(c23)S1(=O)=O)NCc1cccc(Cl)c1. The standard InChI is InChI=1S/C19H15ClN2O3S/c20-15-7-1-4-13(10-15)11-21-18(23)12-22-16-8-2-5-14-6-3-9-17(19(14)16)26(22,24)25/h1-10H,11-12H2,(H,21,23). The van der Waals surface area contributed by atoms with Gasteiger partial charge in [0.05, 0.1) is 10.6 Å². The molecule has 26 heavy (non-hydrogen) atoms. The summed E-state index contributed by atoms with van der Waals surface area (Å²) in [5, 5.41) is 4.83. The Balaban J connectivity index is 1.57. The minimum absolute atomic E-state index is 0.244. The Morgan fingerprint density at radius 2 is 1.77 bits per heavy atom. The first-order chi connectivity index (χ1) is 12.5. The number of sulfonamides is 1. The Morgan fingerprint density at radius 3 is 2.54 bits per heavy atom. The summed E-state index contributed by atoms with van der Waals surface area (Å²) in [5.74, 6) is -0.377. The van der Waals surface area contributed by atoms with Crippen LogP contribution in [0, 0.1) is 0 Å². The van der Waals surface area contributed by atoms with E-state index < -0.39 is 10.0 Å². The van der Waals surface area contributed by atoms with Crippen LogP contribution in [0.1, 0.15) is 5.56 Å². The van der Waals surface area contributed by atoms with Crippen molar-refractivity contribution in [1.29, 1.82) is 0 Å². The van der Waals surface area contributed by atoms with Crippen molar-refractivity contribution in [2.24, 2.45) is 0 Å². The maximum Gasteiger partial charge on any atom is 0.265 e. The molecule has 4 rings (SSSR count). The molecule has 3 aromatic rings. The lowest BCUT2D eigenvalue weighted by Crippen LogP contribution is -2.38. The molecule has 0 saturated heterocycles. The van der Waals surface area contributed by atoms with Crippen LogP contribution in [0.3, 0.4) is 0 Å². The van der Waals surface area contributed by atoms with Crippen LogP contribution in [0.5, 0.6) is 0 Å². The second kappa shape index (κ2) is 6.30. The summed E-state index contributed by atoms with van der Waals surface area (Å²) in [6, 6.07) is 17.7. The van der Waals surface area contributed by atoms with E-state index in [1.807, 2.05) is 18.2 Å². The quantitative estimate of drug-likeness (QED) is 0.748. The predicted octanol–water partition coefficient (Wildman–Crippen LogP) is 3.32. The fraction of sp³-hybridized carbons (Fsp3) is 0.105. The van der Waals surface area contributed by atoms with Crippen molar-refractivity contribution in [3.05, 3.63) is 71.2 Å². The van der Waals surface area contributed by atoms with E-state index in [-0.39, 0.29) is 23.9 Å². The van der Waals surface area contributed by atoms with Gasteiger partial charge in [0, 0.05) is 17.0 Å². The number of benzene rings is 3. The van der Waals surface area contributed by atoms with Gasteiger partial charge in [0.25, 0.3) is 10.0 Å². The number of hydrogen-bond acceptors (Lipinski definition) is 3. The van der Waals surface area contributed by atoms with Crippen LogP contribution in [0.15, 0.2) is 65.6 Å². The maximum atomic E-state index is 12.8. The van der Waals surface area contributed by atoms with Crippen LogP contribution in [0.2, 0.25) is 5.02 Å². The lowest BCUT2D eigenvalue weighted by Gasteiger charge is -2.18. The number of amides is 1. The highest BCUT2D eigenvalue weighted by molar-refractivity contribution is 7.93. The molecule has 5 nitrogen and oxygen atoms in total. The topological polar surface area (TPSA) is 66.5 Å². The highest BCUT2D eigenvalue weighted by atomic mass is 35.5.